The highest BCUT2D eigenvalue weighted by molar-refractivity contribution is 7.99. The highest BCUT2D eigenvalue weighted by Gasteiger charge is 2.12. The minimum atomic E-state index is -0.0722. The number of rotatable bonds is 3. The Bertz CT molecular complexity index is 298. The van der Waals surface area contributed by atoms with Crippen molar-refractivity contribution < 1.29 is 9.32 Å². The Kier molecular flexibility index (Phi) is 3.36. The molecule has 1 rings (SSSR count). The second-order valence-corrected chi connectivity index (χ2v) is 3.87. The smallest absolute Gasteiger partial charge is 0.238 e. The molecule has 1 aromatic rings. The summed E-state index contributed by atoms with van der Waals surface area (Å²) < 4.78 is 4.81. The highest BCUT2D eigenvalue weighted by Crippen LogP contribution is 2.11. The fourth-order valence-corrected chi connectivity index (χ4v) is 1.03. The van der Waals surface area contributed by atoms with E-state index in [4.69, 9.17) is 4.52 Å². The number of carbonyl (C=O) groups excluding carboxylic acids is 1. The van der Waals surface area contributed by atoms with Crippen molar-refractivity contribution in [3.63, 3.8) is 0 Å². The average molecular weight is 200 g/mol. The fraction of sp³-hybridized carbons (Fsp3) is 0.500. The Morgan fingerprint density at radius 1 is 1.77 bits per heavy atom. The Morgan fingerprint density at radius 2 is 2.46 bits per heavy atom. The Morgan fingerprint density at radius 3 is 2.92 bits per heavy atom. The third kappa shape index (κ3) is 2.77. The minimum absolute atomic E-state index is 0.0548. The van der Waals surface area contributed by atoms with Crippen molar-refractivity contribution in [2.24, 2.45) is 0 Å². The van der Waals surface area contributed by atoms with E-state index < -0.39 is 0 Å². The van der Waals surface area contributed by atoms with Gasteiger partial charge in [0.05, 0.1) is 5.25 Å². The van der Waals surface area contributed by atoms with Crippen LogP contribution in [-0.2, 0) is 4.79 Å². The zero-order valence-electron chi connectivity index (χ0n) is 7.83. The molecule has 0 aliphatic rings. The molecule has 0 aromatic carbocycles. The summed E-state index contributed by atoms with van der Waals surface area (Å²) in [6.07, 6.45) is 1.89. The number of nitrogens with one attached hydrogen (secondary N) is 1. The summed E-state index contributed by atoms with van der Waals surface area (Å²) >= 11 is 1.49. The topological polar surface area (TPSA) is 55.1 Å². The molecule has 5 heteroatoms. The average Bonchev–Trinajstić information content (AvgIpc) is 2.49. The van der Waals surface area contributed by atoms with E-state index in [2.05, 4.69) is 10.5 Å². The summed E-state index contributed by atoms with van der Waals surface area (Å²) in [6.45, 7) is 3.62. The van der Waals surface area contributed by atoms with E-state index in [-0.39, 0.29) is 11.2 Å². The van der Waals surface area contributed by atoms with Gasteiger partial charge in [-0.2, -0.15) is 11.8 Å². The van der Waals surface area contributed by atoms with Crippen LogP contribution in [0.4, 0.5) is 5.82 Å². The van der Waals surface area contributed by atoms with Gasteiger partial charge in [0.15, 0.2) is 5.82 Å². The summed E-state index contributed by atoms with van der Waals surface area (Å²) in [7, 11) is 0. The van der Waals surface area contributed by atoms with E-state index in [0.29, 0.717) is 11.6 Å². The van der Waals surface area contributed by atoms with E-state index in [1.54, 1.807) is 13.0 Å². The zero-order valence-corrected chi connectivity index (χ0v) is 8.64. The summed E-state index contributed by atoms with van der Waals surface area (Å²) in [5.74, 6) is 1.11. The number of hydrogen-bond acceptors (Lipinski definition) is 4. The number of anilines is 1. The maximum atomic E-state index is 11.3. The van der Waals surface area contributed by atoms with Crippen molar-refractivity contribution in [1.82, 2.24) is 5.16 Å². The quantitative estimate of drug-likeness (QED) is 0.806. The predicted octanol–water partition coefficient (Wildman–Crippen LogP) is 1.67. The van der Waals surface area contributed by atoms with Crippen LogP contribution in [0.15, 0.2) is 10.6 Å². The molecule has 1 atom stereocenters. The summed E-state index contributed by atoms with van der Waals surface area (Å²) in [4.78, 5) is 11.3. The fourth-order valence-electron chi connectivity index (χ4n) is 0.760. The van der Waals surface area contributed by atoms with Crippen LogP contribution in [0.1, 0.15) is 12.7 Å². The number of hydrogen-bond donors (Lipinski definition) is 1. The van der Waals surface area contributed by atoms with Crippen molar-refractivity contribution in [2.75, 3.05) is 11.6 Å². The lowest BCUT2D eigenvalue weighted by molar-refractivity contribution is -0.115. The lowest BCUT2D eigenvalue weighted by Gasteiger charge is -2.05. The second kappa shape index (κ2) is 4.32. The number of nitrogens with zero attached hydrogens (tertiary/aromatic N) is 1. The molecule has 1 amide bonds. The van der Waals surface area contributed by atoms with Crippen molar-refractivity contribution in [1.29, 1.82) is 0 Å². The first-order valence-corrected chi connectivity index (χ1v) is 5.19. The zero-order chi connectivity index (χ0) is 9.84. The second-order valence-electron chi connectivity index (χ2n) is 2.69. The first-order valence-electron chi connectivity index (χ1n) is 3.90. The third-order valence-electron chi connectivity index (χ3n) is 1.60. The normalized spacial score (nSPS) is 12.5. The van der Waals surface area contributed by atoms with Gasteiger partial charge in [0, 0.05) is 6.07 Å². The van der Waals surface area contributed by atoms with E-state index in [1.165, 1.54) is 11.8 Å². The number of aryl methyl sites for hydroxylation is 1. The van der Waals surface area contributed by atoms with Crippen molar-refractivity contribution in [3.05, 3.63) is 11.8 Å². The molecule has 4 nitrogen and oxygen atoms in total. The van der Waals surface area contributed by atoms with Crippen LogP contribution < -0.4 is 5.32 Å². The molecule has 0 radical (unpaired) electrons. The SMILES string of the molecule is CS[C@@H](C)C(=O)Nc1cc(C)on1. The minimum Gasteiger partial charge on any atom is -0.360 e. The molecule has 13 heavy (non-hydrogen) atoms. The molecule has 0 bridgehead atoms. The Balaban J connectivity index is 2.54. The Labute approximate surface area is 81.1 Å². The van der Waals surface area contributed by atoms with Crippen LogP contribution in [0.2, 0.25) is 0 Å². The molecule has 0 spiro atoms. The highest BCUT2D eigenvalue weighted by atomic mass is 32.2. The molecule has 1 aromatic heterocycles. The van der Waals surface area contributed by atoms with Crippen molar-refractivity contribution >= 4 is 23.5 Å². The van der Waals surface area contributed by atoms with Gasteiger partial charge in [0.2, 0.25) is 5.91 Å². The van der Waals surface area contributed by atoms with E-state index >= 15 is 0 Å². The lowest BCUT2D eigenvalue weighted by atomic mass is 10.4. The van der Waals surface area contributed by atoms with E-state index in [0.717, 1.165) is 0 Å². The lowest BCUT2D eigenvalue weighted by Crippen LogP contribution is -2.22. The van der Waals surface area contributed by atoms with Crippen LogP contribution >= 0.6 is 11.8 Å². The van der Waals surface area contributed by atoms with Crippen LogP contribution in [0.25, 0.3) is 0 Å². The Hall–Kier alpha value is -0.970. The number of thioether (sulfide) groups is 1. The first-order chi connectivity index (χ1) is 6.13. The van der Waals surface area contributed by atoms with Crippen molar-refractivity contribution in [3.8, 4) is 0 Å². The van der Waals surface area contributed by atoms with Crippen LogP contribution in [0.5, 0.6) is 0 Å². The first kappa shape index (κ1) is 10.1. The van der Waals surface area contributed by atoms with Crippen LogP contribution in [-0.4, -0.2) is 22.6 Å². The van der Waals surface area contributed by atoms with E-state index in [9.17, 15) is 4.79 Å². The predicted molar refractivity (Wildman–Crippen MR) is 52.8 cm³/mol. The maximum Gasteiger partial charge on any atom is 0.238 e. The molecule has 72 valence electrons. The molecular weight excluding hydrogens is 188 g/mol. The summed E-state index contributed by atoms with van der Waals surface area (Å²) in [5.41, 5.74) is 0. The van der Waals surface area contributed by atoms with Gasteiger partial charge in [-0.1, -0.05) is 5.16 Å². The van der Waals surface area contributed by atoms with Gasteiger partial charge in [-0.3, -0.25) is 4.79 Å². The van der Waals surface area contributed by atoms with Gasteiger partial charge in [-0.25, -0.2) is 0 Å². The van der Waals surface area contributed by atoms with Gasteiger partial charge in [0.1, 0.15) is 5.76 Å². The number of carbonyl (C=O) groups is 1. The molecule has 1 heterocycles. The molecule has 0 aliphatic heterocycles. The van der Waals surface area contributed by atoms with Crippen molar-refractivity contribution in [2.45, 2.75) is 19.1 Å². The van der Waals surface area contributed by atoms with Gasteiger partial charge in [-0.15, -0.1) is 0 Å². The molecule has 0 saturated heterocycles. The molecule has 0 aliphatic carbocycles. The molecular formula is C8H12N2O2S. The molecule has 1 N–H and O–H groups in total. The van der Waals surface area contributed by atoms with Gasteiger partial charge < -0.3 is 9.84 Å². The monoisotopic (exact) mass is 200 g/mol. The van der Waals surface area contributed by atoms with Gasteiger partial charge in [0.25, 0.3) is 0 Å². The number of aromatic nitrogens is 1. The van der Waals surface area contributed by atoms with E-state index in [1.807, 2.05) is 13.2 Å². The standard InChI is InChI=1S/C8H12N2O2S/c1-5-4-7(10-12-5)9-8(11)6(2)13-3/h4,6H,1-3H3,(H,9,10,11)/t6-/m0/s1. The molecule has 0 saturated carbocycles. The van der Waals surface area contributed by atoms with Gasteiger partial charge >= 0.3 is 0 Å². The van der Waals surface area contributed by atoms with Gasteiger partial charge in [-0.05, 0) is 20.1 Å². The molecule has 0 unspecified atom stereocenters. The van der Waals surface area contributed by atoms with Crippen LogP contribution in [0.3, 0.4) is 0 Å². The summed E-state index contributed by atoms with van der Waals surface area (Å²) in [5, 5.41) is 6.23. The summed E-state index contributed by atoms with van der Waals surface area (Å²) in [6, 6.07) is 1.69. The maximum absolute atomic E-state index is 11.3. The third-order valence-corrected chi connectivity index (χ3v) is 2.52. The largest absolute Gasteiger partial charge is 0.360 e. The number of amides is 1. The molecule has 0 fully saturated rings. The van der Waals surface area contributed by atoms with Crippen LogP contribution in [0, 0.1) is 6.92 Å².